The van der Waals surface area contributed by atoms with Gasteiger partial charge in [0.1, 0.15) is 18.4 Å². The van der Waals surface area contributed by atoms with Crippen LogP contribution in [0, 0.1) is 0 Å². The number of rotatable bonds is 9. The zero-order valence-electron chi connectivity index (χ0n) is 23.6. The van der Waals surface area contributed by atoms with Crippen LogP contribution in [0.1, 0.15) is 39.5 Å². The predicted octanol–water partition coefficient (Wildman–Crippen LogP) is 6.91. The third-order valence-corrected chi connectivity index (χ3v) is 7.64. The summed E-state index contributed by atoms with van der Waals surface area (Å²) in [5.41, 5.74) is 7.85. The summed E-state index contributed by atoms with van der Waals surface area (Å²) in [5.74, 6) is -0.866. The number of ether oxygens (including phenoxy) is 2. The molecule has 1 aromatic heterocycles. The lowest BCUT2D eigenvalue weighted by atomic mass is 10.0. The molecule has 7 heteroatoms. The van der Waals surface area contributed by atoms with Gasteiger partial charge in [0.2, 0.25) is 0 Å². The Bertz CT molecular complexity index is 1850. The maximum Gasteiger partial charge on any atom is 0.408 e. The van der Waals surface area contributed by atoms with Gasteiger partial charge >= 0.3 is 12.1 Å². The number of carbonyl (C=O) groups excluding carboxylic acids is 3. The number of nitrogens with one attached hydrogen (secondary N) is 2. The Morgan fingerprint density at radius 3 is 2.47 bits per heavy atom. The van der Waals surface area contributed by atoms with Crippen LogP contribution in [0.3, 0.4) is 0 Å². The molecule has 1 aliphatic carbocycles. The smallest absolute Gasteiger partial charge is 0.408 e. The fourth-order valence-corrected chi connectivity index (χ4v) is 5.53. The van der Waals surface area contributed by atoms with Gasteiger partial charge in [0.25, 0.3) is 0 Å². The van der Waals surface area contributed by atoms with Gasteiger partial charge in [0.05, 0.1) is 0 Å². The number of H-pyrrole nitrogens is 1. The van der Waals surface area contributed by atoms with E-state index >= 15 is 0 Å². The van der Waals surface area contributed by atoms with Crippen molar-refractivity contribution in [2.75, 3.05) is 0 Å². The van der Waals surface area contributed by atoms with Crippen molar-refractivity contribution in [1.29, 1.82) is 0 Å². The number of ketones is 1. The SMILES string of the molecule is CC(=CC(=O)c1ccccc1)OC(=O)[C@H](Cc1c[nH]c2ccccc12)NC(=O)OCc1cccc2c1Cc1ccccc1-2. The number of hydrogen-bond donors (Lipinski definition) is 2. The molecule has 5 aromatic rings. The van der Waals surface area contributed by atoms with Gasteiger partial charge in [0, 0.05) is 35.2 Å². The molecule has 0 aliphatic heterocycles. The van der Waals surface area contributed by atoms with Crippen molar-refractivity contribution in [1.82, 2.24) is 10.3 Å². The molecule has 1 amide bonds. The average molecular weight is 571 g/mol. The summed E-state index contributed by atoms with van der Waals surface area (Å²) in [4.78, 5) is 42.2. The first-order chi connectivity index (χ1) is 21.0. The first-order valence-electron chi connectivity index (χ1n) is 14.1. The molecule has 0 bridgehead atoms. The number of aromatic amines is 1. The number of carbonyl (C=O) groups is 3. The van der Waals surface area contributed by atoms with E-state index in [9.17, 15) is 14.4 Å². The Kier molecular flexibility index (Phi) is 7.87. The van der Waals surface area contributed by atoms with Crippen molar-refractivity contribution in [3.63, 3.8) is 0 Å². The third-order valence-electron chi connectivity index (χ3n) is 7.64. The summed E-state index contributed by atoms with van der Waals surface area (Å²) >= 11 is 0. The molecular formula is C36H30N2O5. The van der Waals surface area contributed by atoms with Crippen LogP contribution in [-0.4, -0.2) is 28.9 Å². The maximum atomic E-state index is 13.4. The molecule has 0 spiro atoms. The van der Waals surface area contributed by atoms with Gasteiger partial charge in [-0.1, -0.05) is 91.0 Å². The minimum atomic E-state index is -1.06. The van der Waals surface area contributed by atoms with Crippen molar-refractivity contribution in [3.8, 4) is 11.1 Å². The van der Waals surface area contributed by atoms with Crippen molar-refractivity contribution < 1.29 is 23.9 Å². The summed E-state index contributed by atoms with van der Waals surface area (Å²) in [6, 6.07) is 29.6. The Labute approximate surface area is 249 Å². The lowest BCUT2D eigenvalue weighted by molar-refractivity contribution is -0.141. The molecule has 6 rings (SSSR count). The highest BCUT2D eigenvalue weighted by molar-refractivity contribution is 6.04. The molecular weight excluding hydrogens is 540 g/mol. The van der Waals surface area contributed by atoms with Crippen molar-refractivity contribution >= 4 is 28.7 Å². The lowest BCUT2D eigenvalue weighted by Gasteiger charge is -2.18. The van der Waals surface area contributed by atoms with Crippen molar-refractivity contribution in [3.05, 3.63) is 143 Å². The standard InChI is InChI=1S/C36H30N2O5/c1-23(18-34(39)24-10-3-2-4-11-24)43-35(40)33(20-27-21-37-32-17-8-7-15-29(27)32)38-36(41)42-22-26-13-9-16-30-28-14-6-5-12-25(28)19-31(26)30/h2-18,21,33,37H,19-20,22H2,1H3,(H,38,41)/t33-/m0/s1. The molecule has 0 radical (unpaired) electrons. The Balaban J connectivity index is 1.17. The zero-order valence-corrected chi connectivity index (χ0v) is 23.6. The second-order valence-corrected chi connectivity index (χ2v) is 10.5. The average Bonchev–Trinajstić information content (AvgIpc) is 3.61. The van der Waals surface area contributed by atoms with Crippen LogP contribution >= 0.6 is 0 Å². The number of allylic oxidation sites excluding steroid dienone is 2. The number of amides is 1. The minimum absolute atomic E-state index is 0.0579. The van der Waals surface area contributed by atoms with Crippen LogP contribution in [0.5, 0.6) is 0 Å². The molecule has 7 nitrogen and oxygen atoms in total. The zero-order chi connectivity index (χ0) is 29.8. The second kappa shape index (κ2) is 12.2. The van der Waals surface area contributed by atoms with Gasteiger partial charge in [-0.15, -0.1) is 0 Å². The number of hydrogen-bond acceptors (Lipinski definition) is 5. The highest BCUT2D eigenvalue weighted by atomic mass is 16.6. The van der Waals surface area contributed by atoms with E-state index in [-0.39, 0.29) is 24.6 Å². The van der Waals surface area contributed by atoms with Crippen LogP contribution < -0.4 is 5.32 Å². The van der Waals surface area contributed by atoms with E-state index in [0.29, 0.717) is 5.56 Å². The summed E-state index contributed by atoms with van der Waals surface area (Å²) in [5, 5.41) is 3.64. The first kappa shape index (κ1) is 27.7. The van der Waals surface area contributed by atoms with Crippen molar-refractivity contribution in [2.45, 2.75) is 32.4 Å². The van der Waals surface area contributed by atoms with Gasteiger partial charge in [-0.25, -0.2) is 9.59 Å². The monoisotopic (exact) mass is 570 g/mol. The molecule has 4 aromatic carbocycles. The molecule has 1 heterocycles. The van der Waals surface area contributed by atoms with Crippen LogP contribution in [-0.2, 0) is 33.7 Å². The number of fused-ring (bicyclic) bond motifs is 4. The third kappa shape index (κ3) is 6.11. The van der Waals surface area contributed by atoms with E-state index in [2.05, 4.69) is 28.5 Å². The Morgan fingerprint density at radius 1 is 0.860 bits per heavy atom. The second-order valence-electron chi connectivity index (χ2n) is 10.5. The Hall–Kier alpha value is -5.43. The normalized spacial score (nSPS) is 12.7. The van der Waals surface area contributed by atoms with E-state index in [4.69, 9.17) is 9.47 Å². The number of benzene rings is 4. The van der Waals surface area contributed by atoms with E-state index in [1.54, 1.807) is 24.3 Å². The minimum Gasteiger partial charge on any atom is -0.445 e. The van der Waals surface area contributed by atoms with Gasteiger partial charge in [0.15, 0.2) is 5.78 Å². The maximum absolute atomic E-state index is 13.4. The summed E-state index contributed by atoms with van der Waals surface area (Å²) in [7, 11) is 0. The number of alkyl carbamates (subject to hydrolysis) is 1. The lowest BCUT2D eigenvalue weighted by Crippen LogP contribution is -2.43. The number of esters is 1. The number of para-hydroxylation sites is 1. The highest BCUT2D eigenvalue weighted by Crippen LogP contribution is 2.38. The number of aromatic nitrogens is 1. The molecule has 2 N–H and O–H groups in total. The van der Waals surface area contributed by atoms with E-state index in [0.717, 1.165) is 39.6 Å². The first-order valence-corrected chi connectivity index (χ1v) is 14.1. The van der Waals surface area contributed by atoms with E-state index < -0.39 is 18.1 Å². The largest absolute Gasteiger partial charge is 0.445 e. The highest BCUT2D eigenvalue weighted by Gasteiger charge is 2.26. The topological polar surface area (TPSA) is 97.5 Å². The molecule has 1 atom stereocenters. The van der Waals surface area contributed by atoms with Gasteiger partial charge < -0.3 is 19.8 Å². The van der Waals surface area contributed by atoms with Crippen LogP contribution in [0.15, 0.2) is 115 Å². The summed E-state index contributed by atoms with van der Waals surface area (Å²) in [6.07, 6.45) is 3.27. The fraction of sp³-hybridized carbons (Fsp3) is 0.139. The summed E-state index contributed by atoms with van der Waals surface area (Å²) in [6.45, 7) is 1.59. The molecule has 0 saturated heterocycles. The van der Waals surface area contributed by atoms with Gasteiger partial charge in [-0.2, -0.15) is 0 Å². The molecule has 1 aliphatic rings. The molecule has 43 heavy (non-hydrogen) atoms. The molecule has 0 saturated carbocycles. The van der Waals surface area contributed by atoms with E-state index in [1.165, 1.54) is 24.1 Å². The fourth-order valence-electron chi connectivity index (χ4n) is 5.53. The van der Waals surface area contributed by atoms with E-state index in [1.807, 2.05) is 60.8 Å². The molecule has 0 fully saturated rings. The molecule has 214 valence electrons. The summed E-state index contributed by atoms with van der Waals surface area (Å²) < 4.78 is 11.2. The predicted molar refractivity (Wildman–Crippen MR) is 164 cm³/mol. The van der Waals surface area contributed by atoms with Crippen LogP contribution in [0.4, 0.5) is 4.79 Å². The van der Waals surface area contributed by atoms with Crippen LogP contribution in [0.25, 0.3) is 22.0 Å². The van der Waals surface area contributed by atoms with Gasteiger partial charge in [-0.3, -0.25) is 4.79 Å². The Morgan fingerprint density at radius 2 is 1.60 bits per heavy atom. The van der Waals surface area contributed by atoms with Crippen molar-refractivity contribution in [2.24, 2.45) is 0 Å². The van der Waals surface area contributed by atoms with Gasteiger partial charge in [-0.05, 0) is 52.8 Å². The van der Waals surface area contributed by atoms with Crippen LogP contribution in [0.2, 0.25) is 0 Å². The quantitative estimate of drug-likeness (QED) is 0.0852. The molecule has 0 unspecified atom stereocenters.